The average Bonchev–Trinajstić information content (AvgIpc) is 2.75. The maximum Gasteiger partial charge on any atom is 0.413 e. The number of anilines is 2. The molecule has 2 N–H and O–H groups in total. The van der Waals surface area contributed by atoms with Crippen molar-refractivity contribution in [1.29, 1.82) is 0 Å². The molecule has 0 unspecified atom stereocenters. The molecule has 3 amide bonds. The van der Waals surface area contributed by atoms with Crippen molar-refractivity contribution in [3.05, 3.63) is 28.3 Å². The quantitative estimate of drug-likeness (QED) is 0.247. The molecule has 200 valence electrons. The summed E-state index contributed by atoms with van der Waals surface area (Å²) in [5.41, 5.74) is 9.27. The minimum atomic E-state index is -0.686. The first-order chi connectivity index (χ1) is 17.4. The number of ether oxygens (including phenoxy) is 1. The van der Waals surface area contributed by atoms with Crippen LogP contribution >= 0.6 is 0 Å². The lowest BCUT2D eigenvalue weighted by Gasteiger charge is -2.60. The molecule has 2 saturated carbocycles. The van der Waals surface area contributed by atoms with Gasteiger partial charge in [0.2, 0.25) is 0 Å². The number of amides is 3. The number of hydrogen-bond acceptors (Lipinski definition) is 6. The van der Waals surface area contributed by atoms with Crippen molar-refractivity contribution in [1.82, 2.24) is 9.88 Å². The summed E-state index contributed by atoms with van der Waals surface area (Å²) in [6, 6.07) is 1.82. The molecule has 2 atom stereocenters. The summed E-state index contributed by atoms with van der Waals surface area (Å²) in [6.07, 6.45) is 6.62. The third-order valence-corrected chi connectivity index (χ3v) is 7.76. The van der Waals surface area contributed by atoms with E-state index in [0.717, 1.165) is 38.5 Å². The maximum atomic E-state index is 13.3. The van der Waals surface area contributed by atoms with Gasteiger partial charge in [-0.05, 0) is 101 Å². The first-order valence-corrected chi connectivity index (χ1v) is 13.0. The van der Waals surface area contributed by atoms with Crippen LogP contribution in [0.3, 0.4) is 0 Å². The van der Waals surface area contributed by atoms with E-state index in [2.05, 4.69) is 32.6 Å². The zero-order valence-electron chi connectivity index (χ0n) is 22.3. The number of carbonyl (C=O) groups is 3. The molecular weight excluding hydrogens is 474 g/mol. The molecule has 11 nitrogen and oxygen atoms in total. The summed E-state index contributed by atoms with van der Waals surface area (Å²) in [7, 11) is 0. The van der Waals surface area contributed by atoms with Crippen LogP contribution in [0.5, 0.6) is 0 Å². The molecule has 1 aromatic rings. The van der Waals surface area contributed by atoms with Crippen molar-refractivity contribution in [3.63, 3.8) is 0 Å². The van der Waals surface area contributed by atoms with Crippen LogP contribution in [0, 0.1) is 24.2 Å². The Balaban J connectivity index is 1.36. The van der Waals surface area contributed by atoms with E-state index in [4.69, 9.17) is 10.3 Å². The molecule has 1 aliphatic heterocycles. The highest BCUT2D eigenvalue weighted by Gasteiger charge is 2.55. The van der Waals surface area contributed by atoms with Crippen LogP contribution in [0.2, 0.25) is 0 Å². The van der Waals surface area contributed by atoms with Gasteiger partial charge in [-0.1, -0.05) is 12.0 Å². The molecule has 2 aliphatic carbocycles. The first-order valence-electron chi connectivity index (χ1n) is 13.0. The van der Waals surface area contributed by atoms with Crippen molar-refractivity contribution in [3.8, 4) is 0 Å². The minimum absolute atomic E-state index is 0.0545. The van der Waals surface area contributed by atoms with Gasteiger partial charge in [0.15, 0.2) is 0 Å². The largest absolute Gasteiger partial charge is 0.444 e. The van der Waals surface area contributed by atoms with Gasteiger partial charge in [-0.3, -0.25) is 14.9 Å². The van der Waals surface area contributed by atoms with Gasteiger partial charge >= 0.3 is 17.9 Å². The Morgan fingerprint density at radius 3 is 2.51 bits per heavy atom. The smallest absolute Gasteiger partial charge is 0.413 e. The highest BCUT2D eigenvalue weighted by Crippen LogP contribution is 2.61. The van der Waals surface area contributed by atoms with Crippen LogP contribution in [-0.4, -0.2) is 52.0 Å². The number of aromatic nitrogens is 1. The molecule has 0 bridgehead atoms. The second-order valence-electron chi connectivity index (χ2n) is 12.1. The highest BCUT2D eigenvalue weighted by molar-refractivity contribution is 6.39. The number of piperidine rings is 1. The van der Waals surface area contributed by atoms with E-state index in [1.165, 1.54) is 6.20 Å². The van der Waals surface area contributed by atoms with Crippen molar-refractivity contribution >= 4 is 29.4 Å². The normalized spacial score (nSPS) is 28.8. The fraction of sp³-hybridized carbons (Fsp3) is 0.692. The van der Waals surface area contributed by atoms with Crippen molar-refractivity contribution in [2.45, 2.75) is 90.8 Å². The van der Waals surface area contributed by atoms with Gasteiger partial charge in [0.1, 0.15) is 11.4 Å². The lowest BCUT2D eigenvalue weighted by Crippen LogP contribution is -2.59. The highest BCUT2D eigenvalue weighted by atomic mass is 16.6. The van der Waals surface area contributed by atoms with E-state index >= 15 is 0 Å². The topological polar surface area (TPSA) is 149 Å². The second kappa shape index (κ2) is 10.2. The van der Waals surface area contributed by atoms with E-state index in [0.29, 0.717) is 35.4 Å². The zero-order chi connectivity index (χ0) is 27.0. The Morgan fingerprint density at radius 2 is 1.89 bits per heavy atom. The Morgan fingerprint density at radius 1 is 1.19 bits per heavy atom. The number of nitrogens with one attached hydrogen (secondary N) is 2. The molecule has 11 heteroatoms. The SMILES string of the molecule is Cc1cc(NC(=O)C(=O)N2C[C@@H](C)CC[C@@H]2C2CC3(CC(N=[N+]=[N-])C3)C2)cnc1NC(=O)OC(C)(C)C. The predicted octanol–water partition coefficient (Wildman–Crippen LogP) is 5.17. The van der Waals surface area contributed by atoms with E-state index in [-0.39, 0.29) is 17.5 Å². The summed E-state index contributed by atoms with van der Waals surface area (Å²) >= 11 is 0. The number of hydrogen-bond donors (Lipinski definition) is 2. The van der Waals surface area contributed by atoms with Crippen LogP contribution < -0.4 is 10.6 Å². The van der Waals surface area contributed by atoms with E-state index in [1.54, 1.807) is 38.7 Å². The number of likely N-dealkylation sites (tertiary alicyclic amines) is 1. The van der Waals surface area contributed by atoms with Crippen molar-refractivity contribution in [2.24, 2.45) is 22.4 Å². The summed E-state index contributed by atoms with van der Waals surface area (Å²) in [5.74, 6) is -0.178. The summed E-state index contributed by atoms with van der Waals surface area (Å²) < 4.78 is 5.25. The molecule has 1 saturated heterocycles. The fourth-order valence-electron chi connectivity index (χ4n) is 6.14. The minimum Gasteiger partial charge on any atom is -0.444 e. The molecule has 0 radical (unpaired) electrons. The molecule has 0 aromatic carbocycles. The van der Waals surface area contributed by atoms with Gasteiger partial charge in [0, 0.05) is 23.5 Å². The van der Waals surface area contributed by atoms with Gasteiger partial charge < -0.3 is 15.0 Å². The second-order valence-corrected chi connectivity index (χ2v) is 12.1. The molecule has 2 heterocycles. The van der Waals surface area contributed by atoms with Gasteiger partial charge in [-0.25, -0.2) is 9.78 Å². The lowest BCUT2D eigenvalue weighted by atomic mass is 9.48. The molecule has 3 aliphatic rings. The third-order valence-electron chi connectivity index (χ3n) is 7.76. The van der Waals surface area contributed by atoms with Crippen LogP contribution in [0.15, 0.2) is 17.4 Å². The Labute approximate surface area is 217 Å². The van der Waals surface area contributed by atoms with Gasteiger partial charge in [-0.15, -0.1) is 0 Å². The van der Waals surface area contributed by atoms with Crippen LogP contribution in [-0.2, 0) is 14.3 Å². The predicted molar refractivity (Wildman–Crippen MR) is 139 cm³/mol. The molecule has 1 spiro atoms. The number of aryl methyl sites for hydroxylation is 1. The monoisotopic (exact) mass is 511 g/mol. The van der Waals surface area contributed by atoms with Crippen LogP contribution in [0.25, 0.3) is 10.4 Å². The van der Waals surface area contributed by atoms with Crippen molar-refractivity contribution < 1.29 is 19.1 Å². The van der Waals surface area contributed by atoms with Gasteiger partial charge in [0.25, 0.3) is 0 Å². The van der Waals surface area contributed by atoms with Gasteiger partial charge in [0.05, 0.1) is 11.9 Å². The van der Waals surface area contributed by atoms with E-state index in [9.17, 15) is 14.4 Å². The third kappa shape index (κ3) is 6.15. The number of carbonyl (C=O) groups excluding carboxylic acids is 3. The zero-order valence-corrected chi connectivity index (χ0v) is 22.3. The molecule has 1 aromatic heterocycles. The number of rotatable bonds is 4. The molecule has 37 heavy (non-hydrogen) atoms. The molecule has 4 rings (SSSR count). The summed E-state index contributed by atoms with van der Waals surface area (Å²) in [5, 5.41) is 9.12. The Hall–Kier alpha value is -3.33. The average molecular weight is 512 g/mol. The van der Waals surface area contributed by atoms with Crippen LogP contribution in [0.4, 0.5) is 16.3 Å². The van der Waals surface area contributed by atoms with Crippen LogP contribution in [0.1, 0.15) is 71.8 Å². The molecular formula is C26H37N7O4. The van der Waals surface area contributed by atoms with E-state index in [1.807, 2.05) is 0 Å². The maximum absolute atomic E-state index is 13.3. The Kier molecular flexibility index (Phi) is 7.37. The first kappa shape index (κ1) is 26.7. The van der Waals surface area contributed by atoms with E-state index < -0.39 is 23.5 Å². The number of azide groups is 1. The lowest BCUT2D eigenvalue weighted by molar-refractivity contribution is -0.152. The number of nitrogens with zero attached hydrogens (tertiary/aromatic N) is 5. The molecule has 3 fully saturated rings. The number of pyridine rings is 1. The standard InChI is InChI=1S/C26H37N7O4/c1-15-6-7-20(17-9-26(10-17)11-19(12-26)31-32-27)33(14-15)23(35)22(34)29-18-8-16(2)21(28-13-18)30-24(36)37-25(3,4)5/h8,13,15,17,19-20H,6-7,9-12,14H2,1-5H3,(H,29,34)(H,28,30,36)/t15-,17?,19?,20+,26?/m0/s1. The summed E-state index contributed by atoms with van der Waals surface area (Å²) in [6.45, 7) is 9.74. The van der Waals surface area contributed by atoms with Crippen molar-refractivity contribution in [2.75, 3.05) is 17.2 Å². The van der Waals surface area contributed by atoms with Gasteiger partial charge in [-0.2, -0.15) is 0 Å². The fourth-order valence-corrected chi connectivity index (χ4v) is 6.14. The summed E-state index contributed by atoms with van der Waals surface area (Å²) in [4.78, 5) is 47.2. The Bertz CT molecular complexity index is 1110.